The topological polar surface area (TPSA) is 25.3 Å². The van der Waals surface area contributed by atoms with Crippen molar-refractivity contribution < 1.29 is 19.1 Å². The van der Waals surface area contributed by atoms with Crippen LogP contribution in [0.4, 0.5) is 0 Å². The van der Waals surface area contributed by atoms with Gasteiger partial charge in [-0.05, 0) is 80.8 Å². The second-order valence-corrected chi connectivity index (χ2v) is 13.1. The average Bonchev–Trinajstić information content (AvgIpc) is 3.32. The first-order valence-electron chi connectivity index (χ1n) is 17.5. The van der Waals surface area contributed by atoms with Gasteiger partial charge in [0.2, 0.25) is 11.4 Å². The number of allylic oxidation sites excluding steroid dienone is 4. The van der Waals surface area contributed by atoms with Gasteiger partial charge in [-0.2, -0.15) is 0 Å². The quantitative estimate of drug-likeness (QED) is 0.0625. The van der Waals surface area contributed by atoms with Gasteiger partial charge in [-0.15, -0.1) is 5.92 Å². The van der Waals surface area contributed by atoms with Gasteiger partial charge in [0.25, 0.3) is 0 Å². The summed E-state index contributed by atoms with van der Waals surface area (Å²) in [7, 11) is 0. The van der Waals surface area contributed by atoms with Gasteiger partial charge in [-0.25, -0.2) is 4.70 Å². The first-order valence-corrected chi connectivity index (χ1v) is 19.5. The van der Waals surface area contributed by atoms with Crippen LogP contribution >= 0.6 is 0 Å². The Morgan fingerprint density at radius 1 is 0.689 bits per heavy atom. The zero-order valence-electron chi connectivity index (χ0n) is 29.3. The molecule has 0 radical (unpaired) electrons. The molecular formula is C42H60N2Ni. The molecule has 2 aromatic rings. The standard InChI is InChI=1S/C40H54N2.2CH3.Ni/c1-5-9-12-13-14-15-16-17-18-19-20-30-38-37(23-8-4)39(35-28-21-26-33(31-35)24-10-6-2)42(41)40(38)36-29-22-27-34(32-36)25-11-7-3;;;/h20-22,26-32H,5-7,9-19,24-25H2,1-4H3;2*1H3;. The van der Waals surface area contributed by atoms with E-state index in [4.69, 9.17) is 0 Å². The molecule has 2 nitrogen and oxygen atoms in total. The van der Waals surface area contributed by atoms with Gasteiger partial charge < -0.3 is 5.53 Å². The van der Waals surface area contributed by atoms with Crippen molar-refractivity contribution in [3.05, 3.63) is 99.6 Å². The first-order chi connectivity index (χ1) is 22.1. The molecule has 45 heavy (non-hydrogen) atoms. The Balaban J connectivity index is 0.00000226. The van der Waals surface area contributed by atoms with E-state index in [1.165, 1.54) is 86.5 Å². The van der Waals surface area contributed by atoms with Crippen LogP contribution < -0.4 is 0 Å². The summed E-state index contributed by atoms with van der Waals surface area (Å²) in [6, 6.07) is 17.3. The van der Waals surface area contributed by atoms with Crippen molar-refractivity contribution in [3.63, 3.8) is 0 Å². The molecule has 0 aliphatic carbocycles. The third-order valence-electron chi connectivity index (χ3n) is 8.23. The number of nitrogens with zero attached hydrogens (tertiary/aromatic N) is 2. The maximum atomic E-state index is 11.9. The fourth-order valence-electron chi connectivity index (χ4n) is 5.82. The molecule has 248 valence electrons. The van der Waals surface area contributed by atoms with Gasteiger partial charge in [-0.1, -0.05) is 127 Å². The van der Waals surface area contributed by atoms with Crippen molar-refractivity contribution in [2.24, 2.45) is 0 Å². The molecular weight excluding hydrogens is 591 g/mol. The Morgan fingerprint density at radius 3 is 1.69 bits per heavy atom. The molecule has 1 aliphatic heterocycles. The summed E-state index contributed by atoms with van der Waals surface area (Å²) in [6.07, 6.45) is 24.3. The van der Waals surface area contributed by atoms with Crippen LogP contribution in [0, 0.1) is 11.8 Å². The summed E-state index contributed by atoms with van der Waals surface area (Å²) < 4.78 is 1.41. The van der Waals surface area contributed by atoms with E-state index in [2.05, 4.69) is 105 Å². The second-order valence-electron chi connectivity index (χ2n) is 12.1. The van der Waals surface area contributed by atoms with Crippen molar-refractivity contribution in [2.45, 2.75) is 142 Å². The molecule has 0 aromatic heterocycles. The van der Waals surface area contributed by atoms with E-state index in [0.717, 1.165) is 65.8 Å². The molecule has 0 unspecified atom stereocenters. The number of unbranched alkanes of at least 4 members (excludes halogenated alkanes) is 11. The van der Waals surface area contributed by atoms with Gasteiger partial charge in [-0.3, -0.25) is 0 Å². The van der Waals surface area contributed by atoms with E-state index in [0.29, 0.717) is 0 Å². The van der Waals surface area contributed by atoms with Crippen molar-refractivity contribution in [1.29, 1.82) is 0 Å². The van der Waals surface area contributed by atoms with Crippen molar-refractivity contribution in [3.8, 4) is 11.8 Å². The summed E-state index contributed by atoms with van der Waals surface area (Å²) in [6.45, 7) is 8.62. The third-order valence-corrected chi connectivity index (χ3v) is 8.23. The molecule has 0 saturated carbocycles. The Labute approximate surface area is 283 Å². The zero-order valence-corrected chi connectivity index (χ0v) is 30.3. The third kappa shape index (κ3) is 13.3. The number of rotatable bonds is 19. The predicted molar refractivity (Wildman–Crippen MR) is 194 cm³/mol. The van der Waals surface area contributed by atoms with E-state index in [-0.39, 0.29) is 0 Å². The van der Waals surface area contributed by atoms with Gasteiger partial charge in [0.05, 0.1) is 5.57 Å². The molecule has 0 bridgehead atoms. The number of aryl methyl sites for hydroxylation is 2. The molecule has 0 saturated heterocycles. The van der Waals surface area contributed by atoms with Crippen LogP contribution in [0.25, 0.3) is 16.9 Å². The first kappa shape index (κ1) is 38.5. The molecule has 3 heteroatoms. The summed E-state index contributed by atoms with van der Waals surface area (Å²) in [5.74, 6) is 10.7. The van der Waals surface area contributed by atoms with Gasteiger partial charge in [0.1, 0.15) is 5.57 Å². The van der Waals surface area contributed by atoms with Crippen molar-refractivity contribution in [2.75, 3.05) is 0 Å². The van der Waals surface area contributed by atoms with Crippen LogP contribution in [0.2, 0.25) is 11.8 Å². The van der Waals surface area contributed by atoms with Crippen LogP contribution in [0.1, 0.15) is 140 Å². The van der Waals surface area contributed by atoms with Crippen LogP contribution in [0.3, 0.4) is 0 Å². The average molecular weight is 652 g/mol. The van der Waals surface area contributed by atoms with E-state index in [9.17, 15) is 5.53 Å². The Hall–Kier alpha value is -2.69. The fourth-order valence-corrected chi connectivity index (χ4v) is 5.82. The summed E-state index contributed by atoms with van der Waals surface area (Å²) >= 11 is 1.62. The minimum absolute atomic E-state index is 0.791. The van der Waals surface area contributed by atoms with E-state index < -0.39 is 0 Å². The number of hydrogen-bond donors (Lipinski definition) is 0. The van der Waals surface area contributed by atoms with Crippen LogP contribution in [-0.4, -0.2) is 4.70 Å². The molecule has 1 heterocycles. The van der Waals surface area contributed by atoms with Gasteiger partial charge in [0, 0.05) is 11.1 Å². The molecule has 0 amide bonds. The molecule has 0 fully saturated rings. The maximum absolute atomic E-state index is 11.9. The Morgan fingerprint density at radius 2 is 1.18 bits per heavy atom. The summed E-state index contributed by atoms with van der Waals surface area (Å²) in [5.41, 5.74) is 20.1. The van der Waals surface area contributed by atoms with Crippen LogP contribution in [0.5, 0.6) is 0 Å². The molecule has 0 N–H and O–H groups in total. The van der Waals surface area contributed by atoms with Crippen molar-refractivity contribution in [1.82, 2.24) is 0 Å². The van der Waals surface area contributed by atoms with Gasteiger partial charge >= 0.3 is 26.2 Å². The summed E-state index contributed by atoms with van der Waals surface area (Å²) in [5, 5.41) is 0. The van der Waals surface area contributed by atoms with Crippen molar-refractivity contribution >= 4 is 11.4 Å². The Kier molecular flexibility index (Phi) is 20.2. The SMILES string of the molecule is CC#CC1=C(c2cccc(CCCC)c2)[N+](=[N-])C(c2cccc(CCCC)c2)=C1C=CCCCCCCCCCCC.[CH3][Ni][CH3]. The van der Waals surface area contributed by atoms with E-state index in [1.54, 1.807) is 14.4 Å². The number of hydrogen-bond acceptors (Lipinski definition) is 0. The van der Waals surface area contributed by atoms with E-state index in [1.807, 2.05) is 6.92 Å². The molecule has 2 aromatic carbocycles. The van der Waals surface area contributed by atoms with Gasteiger partial charge in [0.15, 0.2) is 0 Å². The molecule has 0 atom stereocenters. The summed E-state index contributed by atoms with van der Waals surface area (Å²) in [4.78, 5) is 0. The molecule has 1 aliphatic rings. The zero-order chi connectivity index (χ0) is 32.7. The minimum atomic E-state index is 0.791. The molecule has 3 rings (SSSR count). The normalized spacial score (nSPS) is 13.0. The number of benzene rings is 2. The van der Waals surface area contributed by atoms with E-state index >= 15 is 0 Å². The van der Waals surface area contributed by atoms with Crippen LogP contribution in [-0.2, 0) is 27.3 Å². The molecule has 0 spiro atoms. The predicted octanol–water partition coefficient (Wildman–Crippen LogP) is 13.2. The van der Waals surface area contributed by atoms with Crippen LogP contribution in [0.15, 0.2) is 71.8 Å². The monoisotopic (exact) mass is 650 g/mol. The second kappa shape index (κ2) is 23.6. The Bertz CT molecular complexity index is 1320. The fraction of sp³-hybridized carbons (Fsp3) is 0.524.